The molecule has 2 atom stereocenters. The first-order chi connectivity index (χ1) is 12.5. The number of halogens is 1. The number of hydrogen-bond donors (Lipinski definition) is 0. The molecule has 5 nitrogen and oxygen atoms in total. The van der Waals surface area contributed by atoms with E-state index in [1.54, 1.807) is 12.1 Å². The van der Waals surface area contributed by atoms with Crippen LogP contribution in [0.2, 0.25) is 0 Å². The van der Waals surface area contributed by atoms with Crippen molar-refractivity contribution in [2.45, 2.75) is 18.9 Å². The van der Waals surface area contributed by atoms with Gasteiger partial charge in [-0.05, 0) is 23.3 Å². The molecule has 2 amide bonds. The topological polar surface area (TPSA) is 63.7 Å². The van der Waals surface area contributed by atoms with E-state index in [9.17, 15) is 18.8 Å². The fourth-order valence-electron chi connectivity index (χ4n) is 3.22. The molecule has 3 rings (SSSR count). The molecular weight excluding hydrogens is 337 g/mol. The van der Waals surface area contributed by atoms with Crippen molar-refractivity contribution in [1.29, 1.82) is 0 Å². The first-order valence-corrected chi connectivity index (χ1v) is 8.22. The molecular formula is C20H18FNO4. The van der Waals surface area contributed by atoms with Crippen LogP contribution in [-0.4, -0.2) is 29.8 Å². The van der Waals surface area contributed by atoms with Gasteiger partial charge in [0.15, 0.2) is 0 Å². The molecule has 0 N–H and O–H groups in total. The third kappa shape index (κ3) is 3.49. The van der Waals surface area contributed by atoms with E-state index in [-0.39, 0.29) is 18.9 Å². The summed E-state index contributed by atoms with van der Waals surface area (Å²) >= 11 is 0. The van der Waals surface area contributed by atoms with Gasteiger partial charge < -0.3 is 4.74 Å². The highest BCUT2D eigenvalue weighted by Gasteiger charge is 2.46. The number of benzene rings is 2. The number of carbonyl (C=O) groups excluding carboxylic acids is 3. The number of amides is 2. The lowest BCUT2D eigenvalue weighted by Crippen LogP contribution is -2.50. The van der Waals surface area contributed by atoms with Gasteiger partial charge in [-0.3, -0.25) is 19.3 Å². The Bertz CT molecular complexity index is 819. The number of likely N-dealkylation sites (tertiary alicyclic amines) is 1. The Hall–Kier alpha value is -3.02. The highest BCUT2D eigenvalue weighted by molar-refractivity contribution is 6.08. The van der Waals surface area contributed by atoms with Crippen molar-refractivity contribution in [1.82, 2.24) is 4.90 Å². The number of nitrogens with zero attached hydrogens (tertiary/aromatic N) is 1. The molecule has 2 aromatic rings. The minimum Gasteiger partial charge on any atom is -0.468 e. The van der Waals surface area contributed by atoms with Gasteiger partial charge in [-0.2, -0.15) is 0 Å². The van der Waals surface area contributed by atoms with Gasteiger partial charge in [0.25, 0.3) is 0 Å². The van der Waals surface area contributed by atoms with Gasteiger partial charge in [-0.15, -0.1) is 0 Å². The van der Waals surface area contributed by atoms with Gasteiger partial charge >= 0.3 is 5.97 Å². The van der Waals surface area contributed by atoms with Crippen molar-refractivity contribution in [2.24, 2.45) is 5.92 Å². The van der Waals surface area contributed by atoms with Crippen molar-refractivity contribution >= 4 is 17.8 Å². The van der Waals surface area contributed by atoms with Crippen molar-refractivity contribution in [3.63, 3.8) is 0 Å². The normalized spacial score (nSPS) is 20.2. The highest BCUT2D eigenvalue weighted by Crippen LogP contribution is 2.36. The Morgan fingerprint density at radius 1 is 1.12 bits per heavy atom. The maximum atomic E-state index is 13.2. The molecule has 134 valence electrons. The van der Waals surface area contributed by atoms with Gasteiger partial charge in [-0.1, -0.05) is 42.5 Å². The van der Waals surface area contributed by atoms with E-state index in [0.29, 0.717) is 5.56 Å². The fourth-order valence-corrected chi connectivity index (χ4v) is 3.22. The number of ether oxygens (including phenoxy) is 1. The maximum Gasteiger partial charge on any atom is 0.318 e. The van der Waals surface area contributed by atoms with Crippen LogP contribution >= 0.6 is 0 Å². The number of carbonyl (C=O) groups is 3. The molecule has 0 spiro atoms. The number of hydrogen-bond acceptors (Lipinski definition) is 4. The lowest BCUT2D eigenvalue weighted by atomic mass is 9.79. The van der Waals surface area contributed by atoms with E-state index < -0.39 is 29.5 Å². The van der Waals surface area contributed by atoms with Gasteiger partial charge in [-0.25, -0.2) is 4.39 Å². The molecule has 0 bridgehead atoms. The molecule has 0 aromatic heterocycles. The van der Waals surface area contributed by atoms with Gasteiger partial charge in [0.2, 0.25) is 11.8 Å². The molecule has 1 aliphatic heterocycles. The Morgan fingerprint density at radius 3 is 2.38 bits per heavy atom. The second-order valence-corrected chi connectivity index (χ2v) is 6.17. The van der Waals surface area contributed by atoms with Crippen molar-refractivity contribution in [3.8, 4) is 0 Å². The van der Waals surface area contributed by atoms with Crippen molar-refractivity contribution in [3.05, 3.63) is 71.5 Å². The minimum atomic E-state index is -1.13. The second-order valence-electron chi connectivity index (χ2n) is 6.17. The van der Waals surface area contributed by atoms with E-state index in [2.05, 4.69) is 0 Å². The molecule has 1 aliphatic rings. The lowest BCUT2D eigenvalue weighted by molar-refractivity contribution is -0.162. The predicted octanol–water partition coefficient (Wildman–Crippen LogP) is 2.66. The fraction of sp³-hybridized carbons (Fsp3) is 0.250. The monoisotopic (exact) mass is 355 g/mol. The zero-order chi connectivity index (χ0) is 18.7. The first-order valence-electron chi connectivity index (χ1n) is 8.22. The largest absolute Gasteiger partial charge is 0.468 e. The molecule has 1 fully saturated rings. The number of methoxy groups -OCH3 is 1. The Kier molecular flexibility index (Phi) is 5.11. The maximum absolute atomic E-state index is 13.2. The summed E-state index contributed by atoms with van der Waals surface area (Å²) in [7, 11) is 1.20. The van der Waals surface area contributed by atoms with Crippen LogP contribution in [0.15, 0.2) is 54.6 Å². The molecule has 2 unspecified atom stereocenters. The molecule has 0 radical (unpaired) electrons. The molecule has 1 heterocycles. The lowest BCUT2D eigenvalue weighted by Gasteiger charge is -2.35. The number of piperidine rings is 1. The zero-order valence-electron chi connectivity index (χ0n) is 14.2. The average Bonchev–Trinajstić information content (AvgIpc) is 2.65. The van der Waals surface area contributed by atoms with E-state index >= 15 is 0 Å². The van der Waals surface area contributed by atoms with Gasteiger partial charge in [0, 0.05) is 12.3 Å². The molecule has 1 saturated heterocycles. The first kappa shape index (κ1) is 17.8. The standard InChI is InChI=1S/C20H18FNO4/c1-26-20(25)18-16(14-7-9-15(21)10-8-14)11-17(23)22(19(18)24)12-13-5-3-2-4-6-13/h2-10,16,18H,11-12H2,1H3. The molecule has 6 heteroatoms. The average molecular weight is 355 g/mol. The second kappa shape index (κ2) is 7.47. The summed E-state index contributed by atoms with van der Waals surface area (Å²) in [6.07, 6.45) is -0.0238. The van der Waals surface area contributed by atoms with Crippen LogP contribution in [0.25, 0.3) is 0 Å². The van der Waals surface area contributed by atoms with Crippen LogP contribution in [0, 0.1) is 11.7 Å². The summed E-state index contributed by atoms with van der Waals surface area (Å²) in [5.74, 6) is -3.89. The van der Waals surface area contributed by atoms with Crippen LogP contribution in [-0.2, 0) is 25.7 Å². The summed E-state index contributed by atoms with van der Waals surface area (Å²) in [5.41, 5.74) is 1.35. The summed E-state index contributed by atoms with van der Waals surface area (Å²) in [6.45, 7) is 0.0993. The summed E-state index contributed by atoms with van der Waals surface area (Å²) < 4.78 is 18.0. The van der Waals surface area contributed by atoms with E-state index in [4.69, 9.17) is 4.74 Å². The SMILES string of the molecule is COC(=O)C1C(=O)N(Cc2ccccc2)C(=O)CC1c1ccc(F)cc1. The Balaban J connectivity index is 1.92. The zero-order valence-corrected chi connectivity index (χ0v) is 14.2. The van der Waals surface area contributed by atoms with Crippen LogP contribution in [0.3, 0.4) is 0 Å². The Morgan fingerprint density at radius 2 is 1.77 bits per heavy atom. The number of esters is 1. The van der Waals surface area contributed by atoms with Crippen LogP contribution in [0.5, 0.6) is 0 Å². The quantitative estimate of drug-likeness (QED) is 0.481. The molecule has 0 aliphatic carbocycles. The van der Waals surface area contributed by atoms with Gasteiger partial charge in [0.05, 0.1) is 13.7 Å². The van der Waals surface area contributed by atoms with Crippen LogP contribution < -0.4 is 0 Å². The summed E-state index contributed by atoms with van der Waals surface area (Å²) in [4.78, 5) is 38.9. The summed E-state index contributed by atoms with van der Waals surface area (Å²) in [6, 6.07) is 14.5. The van der Waals surface area contributed by atoms with Crippen molar-refractivity contribution in [2.75, 3.05) is 7.11 Å². The third-order valence-corrected chi connectivity index (χ3v) is 4.57. The molecule has 2 aromatic carbocycles. The van der Waals surface area contributed by atoms with Crippen LogP contribution in [0.4, 0.5) is 4.39 Å². The predicted molar refractivity (Wildman–Crippen MR) is 91.3 cm³/mol. The highest BCUT2D eigenvalue weighted by atomic mass is 19.1. The molecule has 0 saturated carbocycles. The van der Waals surface area contributed by atoms with E-state index in [1.807, 2.05) is 18.2 Å². The molecule has 26 heavy (non-hydrogen) atoms. The minimum absolute atomic E-state index is 0.0238. The smallest absolute Gasteiger partial charge is 0.318 e. The summed E-state index contributed by atoms with van der Waals surface area (Å²) in [5, 5.41) is 0. The number of imide groups is 1. The van der Waals surface area contributed by atoms with Crippen molar-refractivity contribution < 1.29 is 23.5 Å². The Labute approximate surface area is 150 Å². The van der Waals surface area contributed by atoms with E-state index in [1.165, 1.54) is 31.4 Å². The van der Waals surface area contributed by atoms with E-state index in [0.717, 1.165) is 10.5 Å². The number of rotatable bonds is 4. The third-order valence-electron chi connectivity index (χ3n) is 4.57. The van der Waals surface area contributed by atoms with Crippen LogP contribution in [0.1, 0.15) is 23.5 Å². The van der Waals surface area contributed by atoms with Gasteiger partial charge in [0.1, 0.15) is 11.7 Å².